The molecule has 2 saturated heterocycles. The van der Waals surface area contributed by atoms with Crippen molar-refractivity contribution < 1.29 is 9.18 Å². The first-order valence-electron chi connectivity index (χ1n) is 9.78. The van der Waals surface area contributed by atoms with E-state index in [1.165, 1.54) is 6.07 Å². The van der Waals surface area contributed by atoms with Gasteiger partial charge in [-0.25, -0.2) is 9.37 Å². The van der Waals surface area contributed by atoms with Gasteiger partial charge in [-0.3, -0.25) is 9.69 Å². The fourth-order valence-corrected chi connectivity index (χ4v) is 4.15. The van der Waals surface area contributed by atoms with Crippen molar-refractivity contribution >= 4 is 23.3 Å². The monoisotopic (exact) mass is 402 g/mol. The average Bonchev–Trinajstić information content (AvgIpc) is 3.26. The fourth-order valence-electron chi connectivity index (χ4n) is 3.93. The number of rotatable bonds is 4. The van der Waals surface area contributed by atoms with Gasteiger partial charge in [-0.15, -0.1) is 0 Å². The van der Waals surface area contributed by atoms with E-state index in [2.05, 4.69) is 14.8 Å². The molecule has 0 atom stereocenters. The van der Waals surface area contributed by atoms with Crippen LogP contribution >= 0.6 is 11.6 Å². The van der Waals surface area contributed by atoms with Crippen molar-refractivity contribution in [3.63, 3.8) is 0 Å². The molecule has 3 heterocycles. The molecule has 28 heavy (non-hydrogen) atoms. The Balaban J connectivity index is 1.41. The molecule has 2 fully saturated rings. The van der Waals surface area contributed by atoms with E-state index in [0.717, 1.165) is 31.7 Å². The van der Waals surface area contributed by atoms with Gasteiger partial charge in [0.1, 0.15) is 11.6 Å². The molecule has 0 aliphatic carbocycles. The van der Waals surface area contributed by atoms with Crippen LogP contribution in [0.4, 0.5) is 10.2 Å². The van der Waals surface area contributed by atoms with Crippen LogP contribution in [0.1, 0.15) is 28.8 Å². The lowest BCUT2D eigenvalue weighted by Gasteiger charge is -2.35. The molecule has 2 aliphatic rings. The number of piperazine rings is 1. The maximum Gasteiger partial charge on any atom is 0.257 e. The van der Waals surface area contributed by atoms with E-state index >= 15 is 0 Å². The molecule has 7 heteroatoms. The lowest BCUT2D eigenvalue weighted by Crippen LogP contribution is -2.48. The molecule has 0 bridgehead atoms. The van der Waals surface area contributed by atoms with Gasteiger partial charge in [-0.05, 0) is 37.1 Å². The van der Waals surface area contributed by atoms with Crippen LogP contribution in [0.3, 0.4) is 0 Å². The second-order valence-corrected chi connectivity index (χ2v) is 7.74. The summed E-state index contributed by atoms with van der Waals surface area (Å²) >= 11 is 6.14. The lowest BCUT2D eigenvalue weighted by atomic mass is 10.1. The smallest absolute Gasteiger partial charge is 0.257 e. The van der Waals surface area contributed by atoms with E-state index in [4.69, 9.17) is 11.6 Å². The highest BCUT2D eigenvalue weighted by Gasteiger charge is 2.27. The Morgan fingerprint density at radius 1 is 1.04 bits per heavy atom. The molecule has 0 spiro atoms. The van der Waals surface area contributed by atoms with Gasteiger partial charge in [0.25, 0.3) is 5.91 Å². The van der Waals surface area contributed by atoms with E-state index in [0.29, 0.717) is 48.9 Å². The van der Waals surface area contributed by atoms with Gasteiger partial charge in [0.15, 0.2) is 0 Å². The predicted octanol–water partition coefficient (Wildman–Crippen LogP) is 3.43. The van der Waals surface area contributed by atoms with Crippen molar-refractivity contribution in [3.05, 3.63) is 58.5 Å². The highest BCUT2D eigenvalue weighted by Crippen LogP contribution is 2.25. The standard InChI is InChI=1S/C21H24ClFN4O/c22-18-6-3-7-19(23)17(18)15-25-11-13-27(14-12-25)21(28)16-5-4-8-24-20(16)26-9-1-2-10-26/h3-8H,1-2,9-15H2. The minimum Gasteiger partial charge on any atom is -0.356 e. The Morgan fingerprint density at radius 2 is 1.79 bits per heavy atom. The summed E-state index contributed by atoms with van der Waals surface area (Å²) in [5, 5.41) is 0.448. The number of hydrogen-bond donors (Lipinski definition) is 0. The van der Waals surface area contributed by atoms with Crippen molar-refractivity contribution in [1.82, 2.24) is 14.8 Å². The predicted molar refractivity (Wildman–Crippen MR) is 108 cm³/mol. The highest BCUT2D eigenvalue weighted by atomic mass is 35.5. The number of hydrogen-bond acceptors (Lipinski definition) is 4. The largest absolute Gasteiger partial charge is 0.356 e. The summed E-state index contributed by atoms with van der Waals surface area (Å²) in [6.07, 6.45) is 4.03. The van der Waals surface area contributed by atoms with Crippen LogP contribution in [0.15, 0.2) is 36.5 Å². The van der Waals surface area contributed by atoms with Crippen LogP contribution in [0, 0.1) is 5.82 Å². The molecule has 4 rings (SSSR count). The third-order valence-corrected chi connectivity index (χ3v) is 5.88. The molecule has 0 radical (unpaired) electrons. The third-order valence-electron chi connectivity index (χ3n) is 5.53. The van der Waals surface area contributed by atoms with E-state index in [1.54, 1.807) is 18.3 Å². The van der Waals surface area contributed by atoms with Crippen molar-refractivity contribution in [2.24, 2.45) is 0 Å². The molecule has 1 aromatic heterocycles. The van der Waals surface area contributed by atoms with Crippen LogP contribution in [-0.4, -0.2) is 60.0 Å². The number of halogens is 2. The zero-order chi connectivity index (χ0) is 19.5. The summed E-state index contributed by atoms with van der Waals surface area (Å²) < 4.78 is 14.0. The van der Waals surface area contributed by atoms with Gasteiger partial charge in [-0.1, -0.05) is 17.7 Å². The van der Waals surface area contributed by atoms with E-state index in [-0.39, 0.29) is 11.7 Å². The first-order valence-corrected chi connectivity index (χ1v) is 10.2. The summed E-state index contributed by atoms with van der Waals surface area (Å²) in [6.45, 7) is 4.96. The Hall–Kier alpha value is -2.18. The second-order valence-electron chi connectivity index (χ2n) is 7.34. The molecule has 0 saturated carbocycles. The Bertz CT molecular complexity index is 828. The Kier molecular flexibility index (Phi) is 5.78. The number of carbonyl (C=O) groups is 1. The fraction of sp³-hybridized carbons (Fsp3) is 0.429. The van der Waals surface area contributed by atoms with E-state index in [1.807, 2.05) is 17.0 Å². The summed E-state index contributed by atoms with van der Waals surface area (Å²) in [5.41, 5.74) is 1.20. The number of nitrogens with zero attached hydrogens (tertiary/aromatic N) is 4. The van der Waals surface area contributed by atoms with Gasteiger partial charge in [0.05, 0.1) is 5.56 Å². The maximum atomic E-state index is 14.0. The van der Waals surface area contributed by atoms with Crippen LogP contribution in [-0.2, 0) is 6.54 Å². The summed E-state index contributed by atoms with van der Waals surface area (Å²) in [6, 6.07) is 8.45. The molecular weight excluding hydrogens is 379 g/mol. The molecule has 2 aromatic rings. The van der Waals surface area contributed by atoms with Crippen molar-refractivity contribution in [1.29, 1.82) is 0 Å². The number of carbonyl (C=O) groups excluding carboxylic acids is 1. The second kappa shape index (κ2) is 8.45. The van der Waals surface area contributed by atoms with Crippen LogP contribution < -0.4 is 4.90 Å². The van der Waals surface area contributed by atoms with Gasteiger partial charge in [0, 0.05) is 62.6 Å². The minimum atomic E-state index is -0.281. The zero-order valence-corrected chi connectivity index (χ0v) is 16.5. The summed E-state index contributed by atoms with van der Waals surface area (Å²) in [5.74, 6) is 0.542. The Morgan fingerprint density at radius 3 is 2.50 bits per heavy atom. The molecule has 0 N–H and O–H groups in total. The minimum absolute atomic E-state index is 0.0265. The normalized spacial score (nSPS) is 17.9. The third kappa shape index (κ3) is 3.98. The molecule has 1 aromatic carbocycles. The number of amides is 1. The zero-order valence-electron chi connectivity index (χ0n) is 15.8. The number of benzene rings is 1. The molecule has 148 valence electrons. The molecule has 2 aliphatic heterocycles. The van der Waals surface area contributed by atoms with Crippen molar-refractivity contribution in [3.8, 4) is 0 Å². The quantitative estimate of drug-likeness (QED) is 0.785. The first kappa shape index (κ1) is 19.2. The number of anilines is 1. The van der Waals surface area contributed by atoms with E-state index in [9.17, 15) is 9.18 Å². The van der Waals surface area contributed by atoms with Crippen LogP contribution in [0.2, 0.25) is 5.02 Å². The first-order chi connectivity index (χ1) is 13.6. The van der Waals surface area contributed by atoms with Crippen molar-refractivity contribution in [2.45, 2.75) is 19.4 Å². The SMILES string of the molecule is O=C(c1cccnc1N1CCCC1)N1CCN(Cc2c(F)cccc2Cl)CC1. The molecule has 5 nitrogen and oxygen atoms in total. The molecule has 0 unspecified atom stereocenters. The van der Waals surface area contributed by atoms with Gasteiger partial charge < -0.3 is 9.80 Å². The van der Waals surface area contributed by atoms with Gasteiger partial charge in [0.2, 0.25) is 0 Å². The Labute approximate surface area is 169 Å². The average molecular weight is 403 g/mol. The number of aromatic nitrogens is 1. The maximum absolute atomic E-state index is 14.0. The van der Waals surface area contributed by atoms with E-state index < -0.39 is 0 Å². The van der Waals surface area contributed by atoms with Crippen molar-refractivity contribution in [2.75, 3.05) is 44.2 Å². The van der Waals surface area contributed by atoms with Crippen LogP contribution in [0.5, 0.6) is 0 Å². The topological polar surface area (TPSA) is 39.7 Å². The molecule has 1 amide bonds. The lowest BCUT2D eigenvalue weighted by molar-refractivity contribution is 0.0627. The molecular formula is C21H24ClFN4O. The van der Waals surface area contributed by atoms with Crippen LogP contribution in [0.25, 0.3) is 0 Å². The van der Waals surface area contributed by atoms with Gasteiger partial charge in [-0.2, -0.15) is 0 Å². The summed E-state index contributed by atoms with van der Waals surface area (Å²) in [4.78, 5) is 23.8. The summed E-state index contributed by atoms with van der Waals surface area (Å²) in [7, 11) is 0. The number of pyridine rings is 1. The highest BCUT2D eigenvalue weighted by molar-refractivity contribution is 6.31. The van der Waals surface area contributed by atoms with Gasteiger partial charge >= 0.3 is 0 Å².